The molecule has 4 fully saturated rings. The quantitative estimate of drug-likeness (QED) is 0.451. The van der Waals surface area contributed by atoms with Crippen LogP contribution in [0.2, 0.25) is 0 Å². The molecule has 232 valence electrons. The van der Waals surface area contributed by atoms with Crippen molar-refractivity contribution in [3.63, 3.8) is 0 Å². The number of aromatic amines is 1. The van der Waals surface area contributed by atoms with Crippen molar-refractivity contribution >= 4 is 22.4 Å². The van der Waals surface area contributed by atoms with E-state index in [9.17, 15) is 10.1 Å². The first-order valence-electron chi connectivity index (χ1n) is 16.1. The molecule has 8 rings (SSSR count). The van der Waals surface area contributed by atoms with E-state index >= 15 is 0 Å². The molecule has 0 saturated carbocycles. The number of aromatic nitrogens is 1. The standard InChI is InChI=1S/C35H39N7O3/c1-35(2)29-18-31(40-12-14-41(15-13-40)42-22-45-23-42)25(4-3-7-38-8-10-39(11-9-38)26-20-44-21-26)17-28(29)33(43)32-27-6-5-24(19-36)16-30(27)37-34(32)35/h5-6,16-18,26,37H,7-15,20-23H2,1-2H3. The van der Waals surface area contributed by atoms with E-state index in [-0.39, 0.29) is 5.78 Å². The molecule has 4 saturated heterocycles. The molecule has 0 atom stereocenters. The molecule has 0 radical (unpaired) electrons. The molecule has 0 amide bonds. The Bertz CT molecular complexity index is 1760. The Morgan fingerprint density at radius 1 is 0.956 bits per heavy atom. The molecule has 2 aromatic carbocycles. The van der Waals surface area contributed by atoms with Crippen molar-refractivity contribution in [1.29, 1.82) is 5.26 Å². The van der Waals surface area contributed by atoms with E-state index in [1.807, 2.05) is 12.1 Å². The number of H-pyrrole nitrogens is 1. The van der Waals surface area contributed by atoms with Crippen molar-refractivity contribution in [3.8, 4) is 17.9 Å². The van der Waals surface area contributed by atoms with Gasteiger partial charge in [0.05, 0.1) is 48.7 Å². The van der Waals surface area contributed by atoms with Crippen LogP contribution in [-0.2, 0) is 14.9 Å². The van der Waals surface area contributed by atoms with Crippen molar-refractivity contribution in [2.45, 2.75) is 25.3 Å². The largest absolute Gasteiger partial charge is 0.378 e. The van der Waals surface area contributed by atoms with Gasteiger partial charge in [0, 0.05) is 85.5 Å². The second-order valence-corrected chi connectivity index (χ2v) is 13.3. The highest BCUT2D eigenvalue weighted by atomic mass is 16.6. The van der Waals surface area contributed by atoms with Gasteiger partial charge in [0.25, 0.3) is 0 Å². The third kappa shape index (κ3) is 4.94. The summed E-state index contributed by atoms with van der Waals surface area (Å²) in [4.78, 5) is 25.2. The van der Waals surface area contributed by atoms with E-state index in [1.165, 1.54) is 0 Å². The number of ketones is 1. The first kappa shape index (κ1) is 28.7. The van der Waals surface area contributed by atoms with Crippen LogP contribution in [0, 0.1) is 23.2 Å². The minimum atomic E-state index is -0.437. The summed E-state index contributed by atoms with van der Waals surface area (Å²) in [5.74, 6) is 7.04. The first-order valence-corrected chi connectivity index (χ1v) is 16.1. The summed E-state index contributed by atoms with van der Waals surface area (Å²) in [5.41, 5.74) is 6.33. The van der Waals surface area contributed by atoms with Crippen LogP contribution in [0.25, 0.3) is 10.9 Å². The molecule has 10 heteroatoms. The zero-order valence-electron chi connectivity index (χ0n) is 26.1. The van der Waals surface area contributed by atoms with Crippen LogP contribution < -0.4 is 4.90 Å². The van der Waals surface area contributed by atoms with E-state index in [0.29, 0.717) is 37.2 Å². The van der Waals surface area contributed by atoms with Gasteiger partial charge in [0.15, 0.2) is 5.78 Å². The molecule has 3 aromatic rings. The van der Waals surface area contributed by atoms with Gasteiger partial charge in [0.1, 0.15) is 13.5 Å². The summed E-state index contributed by atoms with van der Waals surface area (Å²) < 4.78 is 10.8. The maximum Gasteiger partial charge on any atom is 0.195 e. The van der Waals surface area contributed by atoms with Gasteiger partial charge in [-0.3, -0.25) is 14.6 Å². The Morgan fingerprint density at radius 2 is 1.73 bits per heavy atom. The van der Waals surface area contributed by atoms with Crippen molar-refractivity contribution in [3.05, 3.63) is 63.8 Å². The second kappa shape index (κ2) is 11.3. The zero-order chi connectivity index (χ0) is 30.7. The van der Waals surface area contributed by atoms with Crippen molar-refractivity contribution in [1.82, 2.24) is 24.8 Å². The lowest BCUT2D eigenvalue weighted by molar-refractivity contribution is -0.250. The number of piperazine rings is 2. The van der Waals surface area contributed by atoms with Gasteiger partial charge in [-0.15, -0.1) is 0 Å². The number of benzene rings is 2. The second-order valence-electron chi connectivity index (χ2n) is 13.3. The Labute approximate surface area is 264 Å². The number of carbonyl (C=O) groups excluding carboxylic acids is 1. The molecular formula is C35H39N7O3. The van der Waals surface area contributed by atoms with Gasteiger partial charge in [-0.25, -0.2) is 5.01 Å². The first-order chi connectivity index (χ1) is 21.9. The lowest BCUT2D eigenvalue weighted by atomic mass is 9.70. The minimum absolute atomic E-state index is 0.0172. The van der Waals surface area contributed by atoms with Crippen molar-refractivity contribution < 1.29 is 14.3 Å². The van der Waals surface area contributed by atoms with Gasteiger partial charge in [-0.1, -0.05) is 31.8 Å². The molecule has 1 N–H and O–H groups in total. The van der Waals surface area contributed by atoms with Crippen LogP contribution >= 0.6 is 0 Å². The number of carbonyl (C=O) groups is 1. The molecule has 0 spiro atoms. The van der Waals surface area contributed by atoms with Gasteiger partial charge < -0.3 is 19.4 Å². The summed E-state index contributed by atoms with van der Waals surface area (Å²) in [6, 6.07) is 12.6. The Hall–Kier alpha value is -3.74. The number of rotatable bonds is 4. The van der Waals surface area contributed by atoms with Crippen LogP contribution in [0.1, 0.15) is 52.2 Å². The molecule has 1 aromatic heterocycles. The summed E-state index contributed by atoms with van der Waals surface area (Å²) in [5, 5.41) is 15.0. The number of hydrogen-bond acceptors (Lipinski definition) is 9. The molecule has 4 aliphatic heterocycles. The third-order valence-electron chi connectivity index (χ3n) is 10.4. The minimum Gasteiger partial charge on any atom is -0.378 e. The van der Waals surface area contributed by atoms with Gasteiger partial charge in [-0.05, 0) is 29.8 Å². The average Bonchev–Trinajstić information content (AvgIpc) is 3.40. The smallest absolute Gasteiger partial charge is 0.195 e. The van der Waals surface area contributed by atoms with Crippen molar-refractivity contribution in [2.24, 2.45) is 0 Å². The number of anilines is 1. The highest BCUT2D eigenvalue weighted by Gasteiger charge is 2.41. The monoisotopic (exact) mass is 605 g/mol. The maximum atomic E-state index is 14.3. The predicted molar refractivity (Wildman–Crippen MR) is 171 cm³/mol. The summed E-state index contributed by atoms with van der Waals surface area (Å²) in [6.07, 6.45) is 0. The van der Waals surface area contributed by atoms with Crippen LogP contribution in [0.5, 0.6) is 0 Å². The Balaban J connectivity index is 1.13. The zero-order valence-corrected chi connectivity index (χ0v) is 26.1. The lowest BCUT2D eigenvalue weighted by Gasteiger charge is -2.45. The summed E-state index contributed by atoms with van der Waals surface area (Å²) in [7, 11) is 0. The van der Waals surface area contributed by atoms with Crippen LogP contribution in [0.4, 0.5) is 5.69 Å². The summed E-state index contributed by atoms with van der Waals surface area (Å²) in [6.45, 7) is 15.8. The Kier molecular flexibility index (Phi) is 7.18. The third-order valence-corrected chi connectivity index (χ3v) is 10.4. The molecule has 5 aliphatic rings. The fourth-order valence-electron chi connectivity index (χ4n) is 7.42. The summed E-state index contributed by atoms with van der Waals surface area (Å²) >= 11 is 0. The molecule has 45 heavy (non-hydrogen) atoms. The van der Waals surface area contributed by atoms with E-state index < -0.39 is 5.41 Å². The number of nitrogens with zero attached hydrogens (tertiary/aromatic N) is 6. The van der Waals surface area contributed by atoms with Crippen molar-refractivity contribution in [2.75, 3.05) is 90.5 Å². The molecule has 0 unspecified atom stereocenters. The average molecular weight is 606 g/mol. The molecule has 10 nitrogen and oxygen atoms in total. The number of nitrogens with one attached hydrogen (secondary N) is 1. The number of fused-ring (bicyclic) bond motifs is 4. The van der Waals surface area contributed by atoms with Crippen LogP contribution in [-0.4, -0.2) is 122 Å². The maximum absolute atomic E-state index is 14.3. The number of nitriles is 1. The normalized spacial score (nSPS) is 22.6. The number of hydrogen-bond donors (Lipinski definition) is 1. The molecule has 5 heterocycles. The Morgan fingerprint density at radius 3 is 2.40 bits per heavy atom. The van der Waals surface area contributed by atoms with Gasteiger partial charge in [-0.2, -0.15) is 10.3 Å². The number of hydrazine groups is 1. The fourth-order valence-corrected chi connectivity index (χ4v) is 7.42. The van der Waals surface area contributed by atoms with Gasteiger partial charge >= 0.3 is 0 Å². The van der Waals surface area contributed by atoms with Gasteiger partial charge in [0.2, 0.25) is 0 Å². The van der Waals surface area contributed by atoms with E-state index in [1.54, 1.807) is 6.07 Å². The predicted octanol–water partition coefficient (Wildman–Crippen LogP) is 2.56. The molecule has 1 aliphatic carbocycles. The van der Waals surface area contributed by atoms with E-state index in [2.05, 4.69) is 73.6 Å². The van der Waals surface area contributed by atoms with E-state index in [0.717, 1.165) is 105 Å². The highest BCUT2D eigenvalue weighted by Crippen LogP contribution is 2.45. The molecule has 0 bridgehead atoms. The highest BCUT2D eigenvalue weighted by molar-refractivity contribution is 6.20. The van der Waals surface area contributed by atoms with E-state index in [4.69, 9.17) is 9.47 Å². The topological polar surface area (TPSA) is 91.3 Å². The SMILES string of the molecule is CC1(C)c2cc(N3CCN(N4COC4)CC3)c(C#CCN3CCN(C4COC4)CC3)cc2C(=O)c2c1[nH]c1cc(C#N)ccc21. The van der Waals surface area contributed by atoms with Crippen LogP contribution in [0.15, 0.2) is 30.3 Å². The fraction of sp³-hybridized carbons (Fsp3) is 0.486. The number of ether oxygens (including phenoxy) is 2. The lowest BCUT2D eigenvalue weighted by Crippen LogP contribution is -2.59. The van der Waals surface area contributed by atoms with Crippen LogP contribution in [0.3, 0.4) is 0 Å². The molecular weight excluding hydrogens is 566 g/mol.